The second-order valence-corrected chi connectivity index (χ2v) is 4.28. The molecule has 3 rings (SSSR count). The molecule has 6 heteroatoms. The standard InChI is InChI=1S/C14H12N6/c15-7-10-2-1-3-11(6-10)17-13-4-5-14-18-12(8-16)9-20(14)19-13/h1-6,9H,8,16H2,(H,17,19). The highest BCUT2D eigenvalue weighted by molar-refractivity contribution is 5.59. The van der Waals surface area contributed by atoms with Crippen molar-refractivity contribution in [1.29, 1.82) is 5.26 Å². The van der Waals surface area contributed by atoms with E-state index in [0.29, 0.717) is 17.9 Å². The smallest absolute Gasteiger partial charge is 0.153 e. The van der Waals surface area contributed by atoms with Gasteiger partial charge in [-0.15, -0.1) is 5.10 Å². The Labute approximate surface area is 115 Å². The maximum atomic E-state index is 8.88. The topological polar surface area (TPSA) is 92.0 Å². The third-order valence-electron chi connectivity index (χ3n) is 2.84. The third-order valence-corrected chi connectivity index (χ3v) is 2.84. The van der Waals surface area contributed by atoms with Crippen LogP contribution in [-0.4, -0.2) is 14.6 Å². The Balaban J connectivity index is 1.92. The lowest BCUT2D eigenvalue weighted by atomic mass is 10.2. The SMILES string of the molecule is N#Cc1cccc(Nc2ccc3nc(CN)cn3n2)c1. The van der Waals surface area contributed by atoms with Crippen molar-refractivity contribution in [2.24, 2.45) is 5.73 Å². The summed E-state index contributed by atoms with van der Waals surface area (Å²) in [5.74, 6) is 0.675. The van der Waals surface area contributed by atoms with Crippen LogP contribution in [0.15, 0.2) is 42.6 Å². The number of hydrogen-bond acceptors (Lipinski definition) is 5. The number of fused-ring (bicyclic) bond motifs is 1. The lowest BCUT2D eigenvalue weighted by Crippen LogP contribution is -1.98. The Morgan fingerprint density at radius 3 is 3.00 bits per heavy atom. The molecular weight excluding hydrogens is 252 g/mol. The lowest BCUT2D eigenvalue weighted by Gasteiger charge is -2.05. The number of nitrogens with two attached hydrogens (primary N) is 1. The molecule has 1 aromatic carbocycles. The summed E-state index contributed by atoms with van der Waals surface area (Å²) in [7, 11) is 0. The Morgan fingerprint density at radius 1 is 1.30 bits per heavy atom. The van der Waals surface area contributed by atoms with Crippen LogP contribution in [-0.2, 0) is 6.54 Å². The van der Waals surface area contributed by atoms with Crippen LogP contribution in [0, 0.1) is 11.3 Å². The molecule has 6 nitrogen and oxygen atoms in total. The van der Waals surface area contributed by atoms with Gasteiger partial charge in [0.15, 0.2) is 11.5 Å². The van der Waals surface area contributed by atoms with Crippen LogP contribution in [0.1, 0.15) is 11.3 Å². The molecular formula is C14H12N6. The first-order chi connectivity index (χ1) is 9.78. The molecule has 3 aromatic rings. The van der Waals surface area contributed by atoms with Crippen molar-refractivity contribution in [1.82, 2.24) is 14.6 Å². The number of benzene rings is 1. The fraction of sp³-hybridized carbons (Fsp3) is 0.0714. The van der Waals surface area contributed by atoms with Crippen LogP contribution < -0.4 is 11.1 Å². The van der Waals surface area contributed by atoms with E-state index in [2.05, 4.69) is 21.5 Å². The predicted molar refractivity (Wildman–Crippen MR) is 75.3 cm³/mol. The molecule has 98 valence electrons. The van der Waals surface area contributed by atoms with E-state index in [1.165, 1.54) is 0 Å². The zero-order chi connectivity index (χ0) is 13.9. The molecule has 20 heavy (non-hydrogen) atoms. The second-order valence-electron chi connectivity index (χ2n) is 4.28. The summed E-state index contributed by atoms with van der Waals surface area (Å²) in [6.07, 6.45) is 1.80. The monoisotopic (exact) mass is 264 g/mol. The quantitative estimate of drug-likeness (QED) is 0.752. The molecule has 3 N–H and O–H groups in total. The minimum Gasteiger partial charge on any atom is -0.339 e. The summed E-state index contributed by atoms with van der Waals surface area (Å²) < 4.78 is 1.68. The van der Waals surface area contributed by atoms with Gasteiger partial charge in [0.2, 0.25) is 0 Å². The molecule has 0 unspecified atom stereocenters. The first-order valence-corrected chi connectivity index (χ1v) is 6.11. The number of nitrogens with one attached hydrogen (secondary N) is 1. The number of imidazole rings is 1. The van der Waals surface area contributed by atoms with Crippen LogP contribution in [0.5, 0.6) is 0 Å². The Bertz CT molecular complexity index is 799. The zero-order valence-electron chi connectivity index (χ0n) is 10.6. The Kier molecular flexibility index (Phi) is 3.03. The average molecular weight is 264 g/mol. The van der Waals surface area contributed by atoms with Crippen molar-refractivity contribution in [3.8, 4) is 6.07 Å². The van der Waals surface area contributed by atoms with Crippen molar-refractivity contribution < 1.29 is 0 Å². The summed E-state index contributed by atoms with van der Waals surface area (Å²) in [5, 5.41) is 16.4. The fourth-order valence-electron chi connectivity index (χ4n) is 1.91. The fourth-order valence-corrected chi connectivity index (χ4v) is 1.91. The summed E-state index contributed by atoms with van der Waals surface area (Å²) >= 11 is 0. The van der Waals surface area contributed by atoms with Crippen LogP contribution in [0.4, 0.5) is 11.5 Å². The zero-order valence-corrected chi connectivity index (χ0v) is 10.6. The molecule has 0 atom stereocenters. The van der Waals surface area contributed by atoms with Gasteiger partial charge in [0.1, 0.15) is 0 Å². The van der Waals surface area contributed by atoms with Crippen molar-refractivity contribution in [2.45, 2.75) is 6.54 Å². The third kappa shape index (κ3) is 2.30. The van der Waals surface area contributed by atoms with E-state index in [1.807, 2.05) is 24.3 Å². The molecule has 0 fully saturated rings. The molecule has 0 bridgehead atoms. The van der Waals surface area contributed by atoms with E-state index in [9.17, 15) is 0 Å². The predicted octanol–water partition coefficient (Wildman–Crippen LogP) is 1.80. The average Bonchev–Trinajstić information content (AvgIpc) is 2.90. The largest absolute Gasteiger partial charge is 0.339 e. The second kappa shape index (κ2) is 4.99. The number of nitrogens with zero attached hydrogens (tertiary/aromatic N) is 4. The van der Waals surface area contributed by atoms with E-state index in [0.717, 1.165) is 17.0 Å². The Hall–Kier alpha value is -2.91. The molecule has 2 heterocycles. The van der Waals surface area contributed by atoms with E-state index >= 15 is 0 Å². The van der Waals surface area contributed by atoms with Crippen LogP contribution in [0.2, 0.25) is 0 Å². The summed E-state index contributed by atoms with van der Waals surface area (Å²) in [6, 6.07) is 13.0. The summed E-state index contributed by atoms with van der Waals surface area (Å²) in [4.78, 5) is 4.31. The molecule has 0 spiro atoms. The number of anilines is 2. The lowest BCUT2D eigenvalue weighted by molar-refractivity contribution is 0.934. The van der Waals surface area contributed by atoms with Gasteiger partial charge in [0.25, 0.3) is 0 Å². The minimum atomic E-state index is 0.385. The van der Waals surface area contributed by atoms with Gasteiger partial charge in [-0.25, -0.2) is 9.50 Å². The summed E-state index contributed by atoms with van der Waals surface area (Å²) in [6.45, 7) is 0.385. The van der Waals surface area contributed by atoms with Gasteiger partial charge in [0.05, 0.1) is 23.5 Å². The Morgan fingerprint density at radius 2 is 2.20 bits per heavy atom. The highest BCUT2D eigenvalue weighted by Crippen LogP contribution is 2.16. The maximum Gasteiger partial charge on any atom is 0.153 e. The molecule has 0 aliphatic rings. The van der Waals surface area contributed by atoms with E-state index in [4.69, 9.17) is 11.0 Å². The van der Waals surface area contributed by atoms with Gasteiger partial charge < -0.3 is 11.1 Å². The maximum absolute atomic E-state index is 8.88. The highest BCUT2D eigenvalue weighted by Gasteiger charge is 2.03. The minimum absolute atomic E-state index is 0.385. The number of nitriles is 1. The van der Waals surface area contributed by atoms with Crippen LogP contribution in [0.3, 0.4) is 0 Å². The molecule has 0 amide bonds. The molecule has 2 aromatic heterocycles. The highest BCUT2D eigenvalue weighted by atomic mass is 15.3. The van der Waals surface area contributed by atoms with Gasteiger partial charge in [-0.2, -0.15) is 5.26 Å². The van der Waals surface area contributed by atoms with E-state index < -0.39 is 0 Å². The van der Waals surface area contributed by atoms with Crippen molar-refractivity contribution in [3.63, 3.8) is 0 Å². The van der Waals surface area contributed by atoms with Gasteiger partial charge in [-0.1, -0.05) is 6.07 Å². The molecule has 0 saturated heterocycles. The molecule has 0 radical (unpaired) electrons. The van der Waals surface area contributed by atoms with Crippen LogP contribution in [0.25, 0.3) is 5.65 Å². The first-order valence-electron chi connectivity index (χ1n) is 6.11. The van der Waals surface area contributed by atoms with E-state index in [1.54, 1.807) is 22.8 Å². The molecule has 0 aliphatic carbocycles. The summed E-state index contributed by atoms with van der Waals surface area (Å²) in [5.41, 5.74) is 8.52. The number of aromatic nitrogens is 3. The van der Waals surface area contributed by atoms with Crippen molar-refractivity contribution >= 4 is 17.2 Å². The van der Waals surface area contributed by atoms with Crippen molar-refractivity contribution in [2.75, 3.05) is 5.32 Å². The van der Waals surface area contributed by atoms with E-state index in [-0.39, 0.29) is 0 Å². The van der Waals surface area contributed by atoms with Gasteiger partial charge in [-0.3, -0.25) is 0 Å². The number of rotatable bonds is 3. The van der Waals surface area contributed by atoms with Crippen LogP contribution >= 0.6 is 0 Å². The first kappa shape index (κ1) is 12.1. The van der Waals surface area contributed by atoms with Gasteiger partial charge in [0, 0.05) is 12.2 Å². The van der Waals surface area contributed by atoms with Gasteiger partial charge in [-0.05, 0) is 30.3 Å². The number of hydrogen-bond donors (Lipinski definition) is 2. The van der Waals surface area contributed by atoms with Crippen molar-refractivity contribution in [3.05, 3.63) is 53.9 Å². The molecule has 0 aliphatic heterocycles. The molecule has 0 saturated carbocycles. The van der Waals surface area contributed by atoms with Gasteiger partial charge >= 0.3 is 0 Å². The normalized spacial score (nSPS) is 10.4.